The largest absolute Gasteiger partial charge is 0.270 e. The molecule has 0 aromatic carbocycles. The van der Waals surface area contributed by atoms with Crippen LogP contribution in [0.2, 0.25) is 0 Å². The third-order valence-electron chi connectivity index (χ3n) is 1.60. The fraction of sp³-hybridized carbons (Fsp3) is 0.625. The van der Waals surface area contributed by atoms with E-state index in [1.54, 1.807) is 0 Å². The summed E-state index contributed by atoms with van der Waals surface area (Å²) in [6.07, 6.45) is 4.11. The maximum absolute atomic E-state index is 4.19. The van der Waals surface area contributed by atoms with Gasteiger partial charge in [-0.2, -0.15) is 5.10 Å². The Kier molecular flexibility index (Phi) is 2.49. The van der Waals surface area contributed by atoms with E-state index < -0.39 is 0 Å². The van der Waals surface area contributed by atoms with Crippen molar-refractivity contribution in [3.8, 4) is 0 Å². The molecule has 0 amide bonds. The third kappa shape index (κ3) is 1.38. The van der Waals surface area contributed by atoms with Crippen LogP contribution >= 0.6 is 0 Å². The van der Waals surface area contributed by atoms with Crippen molar-refractivity contribution in [2.45, 2.75) is 33.2 Å². The van der Waals surface area contributed by atoms with Gasteiger partial charge in [-0.05, 0) is 18.9 Å². The molecule has 0 fully saturated rings. The summed E-state index contributed by atoms with van der Waals surface area (Å²) in [7, 11) is 0. The first kappa shape index (κ1) is 7.32. The zero-order valence-electron chi connectivity index (χ0n) is 6.67. The molecule has 0 saturated heterocycles. The molecule has 56 valence electrons. The second-order valence-corrected chi connectivity index (χ2v) is 2.40. The quantitative estimate of drug-likeness (QED) is 0.623. The summed E-state index contributed by atoms with van der Waals surface area (Å²) in [6.45, 7) is 5.38. The smallest absolute Gasteiger partial charge is 0.0492 e. The van der Waals surface area contributed by atoms with Crippen LogP contribution in [0.1, 0.15) is 26.0 Å². The van der Waals surface area contributed by atoms with E-state index in [0.717, 1.165) is 19.4 Å². The molecule has 0 atom stereocenters. The fourth-order valence-electron chi connectivity index (χ4n) is 1.07. The Morgan fingerprint density at radius 1 is 1.50 bits per heavy atom. The molecule has 1 aromatic rings. The Labute approximate surface area is 61.9 Å². The molecular weight excluding hydrogens is 124 g/mol. The third-order valence-corrected chi connectivity index (χ3v) is 1.60. The van der Waals surface area contributed by atoms with E-state index in [2.05, 4.69) is 29.7 Å². The lowest BCUT2D eigenvalue weighted by molar-refractivity contribution is 0.577. The molecule has 1 rings (SSSR count). The van der Waals surface area contributed by atoms with Crippen molar-refractivity contribution in [2.75, 3.05) is 0 Å². The van der Waals surface area contributed by atoms with Crippen molar-refractivity contribution >= 4 is 0 Å². The van der Waals surface area contributed by atoms with Crippen molar-refractivity contribution in [3.63, 3.8) is 0 Å². The maximum Gasteiger partial charge on any atom is 0.0492 e. The monoisotopic (exact) mass is 138 g/mol. The van der Waals surface area contributed by atoms with Crippen LogP contribution in [0.4, 0.5) is 0 Å². The second-order valence-electron chi connectivity index (χ2n) is 2.40. The van der Waals surface area contributed by atoms with Crippen molar-refractivity contribution in [2.24, 2.45) is 0 Å². The highest BCUT2D eigenvalue weighted by atomic mass is 15.3. The van der Waals surface area contributed by atoms with Gasteiger partial charge in [0.1, 0.15) is 0 Å². The summed E-state index contributed by atoms with van der Waals surface area (Å²) in [5.41, 5.74) is 1.34. The Balaban J connectivity index is 2.70. The molecule has 1 aromatic heterocycles. The van der Waals surface area contributed by atoms with E-state index in [0.29, 0.717) is 0 Å². The van der Waals surface area contributed by atoms with Crippen LogP contribution in [-0.2, 0) is 13.0 Å². The summed E-state index contributed by atoms with van der Waals surface area (Å²) in [6, 6.07) is 2.08. The predicted octanol–water partition coefficient (Wildman–Crippen LogP) is 1.86. The van der Waals surface area contributed by atoms with Gasteiger partial charge in [-0.3, -0.25) is 4.68 Å². The lowest BCUT2D eigenvalue weighted by atomic mass is 10.3. The van der Waals surface area contributed by atoms with E-state index >= 15 is 0 Å². The number of nitrogens with zero attached hydrogens (tertiary/aromatic N) is 2. The van der Waals surface area contributed by atoms with Gasteiger partial charge < -0.3 is 0 Å². The zero-order chi connectivity index (χ0) is 7.40. The minimum Gasteiger partial charge on any atom is -0.270 e. The number of rotatable bonds is 3. The second kappa shape index (κ2) is 3.40. The van der Waals surface area contributed by atoms with E-state index in [1.165, 1.54) is 5.69 Å². The molecular formula is C8H14N2. The number of hydrogen-bond acceptors (Lipinski definition) is 1. The fourth-order valence-corrected chi connectivity index (χ4v) is 1.07. The van der Waals surface area contributed by atoms with Crippen molar-refractivity contribution < 1.29 is 0 Å². The van der Waals surface area contributed by atoms with Gasteiger partial charge in [-0.15, -0.1) is 0 Å². The molecule has 0 radical (unpaired) electrons. The summed E-state index contributed by atoms with van der Waals surface area (Å²) >= 11 is 0. The van der Waals surface area contributed by atoms with Gasteiger partial charge >= 0.3 is 0 Å². The van der Waals surface area contributed by atoms with Crippen LogP contribution in [0.5, 0.6) is 0 Å². The van der Waals surface area contributed by atoms with Crippen molar-refractivity contribution in [3.05, 3.63) is 18.0 Å². The van der Waals surface area contributed by atoms with E-state index in [1.807, 2.05) is 6.20 Å². The van der Waals surface area contributed by atoms with Crippen LogP contribution in [0.15, 0.2) is 12.3 Å². The Hall–Kier alpha value is -0.790. The van der Waals surface area contributed by atoms with Gasteiger partial charge in [0.15, 0.2) is 0 Å². The van der Waals surface area contributed by atoms with Gasteiger partial charge in [0.25, 0.3) is 0 Å². The van der Waals surface area contributed by atoms with Crippen molar-refractivity contribution in [1.82, 2.24) is 9.78 Å². The lowest BCUT2D eigenvalue weighted by Crippen LogP contribution is -2.02. The highest BCUT2D eigenvalue weighted by Gasteiger charge is 1.95. The topological polar surface area (TPSA) is 17.8 Å². The first-order valence-corrected chi connectivity index (χ1v) is 3.89. The van der Waals surface area contributed by atoms with Crippen LogP contribution in [0.3, 0.4) is 0 Å². The number of hydrogen-bond donors (Lipinski definition) is 0. The summed E-state index contributed by atoms with van der Waals surface area (Å²) in [5, 5.41) is 4.19. The molecule has 1 heterocycles. The van der Waals surface area contributed by atoms with E-state index in [-0.39, 0.29) is 0 Å². The maximum atomic E-state index is 4.19. The van der Waals surface area contributed by atoms with Crippen molar-refractivity contribution in [1.29, 1.82) is 0 Å². The molecule has 0 aliphatic heterocycles. The summed E-state index contributed by atoms with van der Waals surface area (Å²) < 4.78 is 2.07. The van der Waals surface area contributed by atoms with Crippen LogP contribution in [0.25, 0.3) is 0 Å². The average Bonchev–Trinajstić information content (AvgIpc) is 2.36. The molecule has 0 N–H and O–H groups in total. The molecule has 0 spiro atoms. The minimum absolute atomic E-state index is 1.05. The molecule has 0 unspecified atom stereocenters. The Bertz CT molecular complexity index is 191. The lowest BCUT2D eigenvalue weighted by Gasteiger charge is -2.01. The molecule has 2 nitrogen and oxygen atoms in total. The first-order chi connectivity index (χ1) is 4.88. The van der Waals surface area contributed by atoms with Crippen LogP contribution in [-0.4, -0.2) is 9.78 Å². The number of aromatic nitrogens is 2. The first-order valence-electron chi connectivity index (χ1n) is 3.89. The SMILES string of the molecule is CCCn1nccc1CC. The Morgan fingerprint density at radius 2 is 2.30 bits per heavy atom. The van der Waals surface area contributed by atoms with E-state index in [4.69, 9.17) is 0 Å². The normalized spacial score (nSPS) is 10.2. The molecule has 0 bridgehead atoms. The highest BCUT2D eigenvalue weighted by molar-refractivity contribution is 4.99. The van der Waals surface area contributed by atoms with Gasteiger partial charge in [-0.25, -0.2) is 0 Å². The highest BCUT2D eigenvalue weighted by Crippen LogP contribution is 1.99. The molecule has 0 aliphatic rings. The van der Waals surface area contributed by atoms with E-state index in [9.17, 15) is 0 Å². The average molecular weight is 138 g/mol. The predicted molar refractivity (Wildman–Crippen MR) is 41.9 cm³/mol. The number of aryl methyl sites for hydroxylation is 2. The molecule has 10 heavy (non-hydrogen) atoms. The standard InChI is InChI=1S/C8H14N2/c1-3-7-10-8(4-2)5-6-9-10/h5-6H,3-4,7H2,1-2H3. The van der Waals surface area contributed by atoms with Gasteiger partial charge in [0.2, 0.25) is 0 Å². The minimum atomic E-state index is 1.05. The Morgan fingerprint density at radius 3 is 2.90 bits per heavy atom. The van der Waals surface area contributed by atoms with Gasteiger partial charge in [-0.1, -0.05) is 13.8 Å². The van der Waals surface area contributed by atoms with Crippen LogP contribution < -0.4 is 0 Å². The summed E-state index contributed by atoms with van der Waals surface area (Å²) in [5.74, 6) is 0. The van der Waals surface area contributed by atoms with Gasteiger partial charge in [0.05, 0.1) is 0 Å². The molecule has 2 heteroatoms. The molecule has 0 aliphatic carbocycles. The van der Waals surface area contributed by atoms with Gasteiger partial charge in [0, 0.05) is 18.4 Å². The zero-order valence-corrected chi connectivity index (χ0v) is 6.67. The molecule has 0 saturated carbocycles. The van der Waals surface area contributed by atoms with Crippen LogP contribution in [0, 0.1) is 0 Å². The summed E-state index contributed by atoms with van der Waals surface area (Å²) in [4.78, 5) is 0.